The molecule has 7 aromatic carbocycles. The molecule has 0 atom stereocenters. The Bertz CT molecular complexity index is 2610. The molecule has 0 unspecified atom stereocenters. The van der Waals surface area contributed by atoms with Crippen molar-refractivity contribution in [2.24, 2.45) is 0 Å². The van der Waals surface area contributed by atoms with Crippen LogP contribution >= 0.6 is 0 Å². The van der Waals surface area contributed by atoms with Crippen molar-refractivity contribution >= 4 is 60.9 Å². The maximum absolute atomic E-state index is 5.33. The largest absolute Gasteiger partial charge is 0.309 e. The first kappa shape index (κ1) is 24.3. The average Bonchev–Trinajstić information content (AvgIpc) is 3.61. The Balaban J connectivity index is 1.35. The third-order valence-electron chi connectivity index (χ3n) is 9.21. The Hall–Kier alpha value is -6.13. The van der Waals surface area contributed by atoms with Crippen molar-refractivity contribution < 1.29 is 0 Å². The van der Waals surface area contributed by atoms with E-state index in [4.69, 9.17) is 4.98 Å². The van der Waals surface area contributed by atoms with Gasteiger partial charge in [0.1, 0.15) is 0 Å². The molecule has 0 radical (unpaired) electrons. The van der Waals surface area contributed by atoms with Gasteiger partial charge in [0.05, 0.1) is 39.1 Å². The lowest BCUT2D eigenvalue weighted by atomic mass is 9.97. The van der Waals surface area contributed by atoms with Gasteiger partial charge < -0.3 is 4.57 Å². The van der Waals surface area contributed by atoms with Crippen LogP contribution in [-0.4, -0.2) is 14.1 Å². The molecular weight excluding hydrogens is 548 g/mol. The minimum atomic E-state index is 0.874. The van der Waals surface area contributed by atoms with Gasteiger partial charge >= 0.3 is 0 Å². The van der Waals surface area contributed by atoms with Gasteiger partial charge in [0.2, 0.25) is 5.95 Å². The van der Waals surface area contributed by atoms with E-state index in [1.54, 1.807) is 0 Å². The quantitative estimate of drug-likeness (QED) is 0.205. The summed E-state index contributed by atoms with van der Waals surface area (Å²) in [6.45, 7) is 0. The summed E-state index contributed by atoms with van der Waals surface area (Å²) in [5.74, 6) is 0.874. The van der Waals surface area contributed by atoms with Crippen LogP contribution in [0, 0.1) is 0 Å². The van der Waals surface area contributed by atoms with E-state index in [0.717, 1.165) is 45.2 Å². The lowest BCUT2D eigenvalue weighted by Gasteiger charge is -2.25. The van der Waals surface area contributed by atoms with E-state index in [9.17, 15) is 0 Å². The summed E-state index contributed by atoms with van der Waals surface area (Å²) in [7, 11) is 0. The van der Waals surface area contributed by atoms with Gasteiger partial charge in [-0.3, -0.25) is 9.47 Å². The number of nitrogens with zero attached hydrogens (tertiary/aromatic N) is 4. The second-order valence-electron chi connectivity index (χ2n) is 11.7. The number of imidazole rings is 1. The zero-order chi connectivity index (χ0) is 29.5. The number of para-hydroxylation sites is 5. The first-order chi connectivity index (χ1) is 22.3. The van der Waals surface area contributed by atoms with Crippen LogP contribution in [0.5, 0.6) is 0 Å². The molecule has 0 N–H and O–H groups in total. The normalized spacial score (nSPS) is 12.4. The number of hydrogen-bond donors (Lipinski definition) is 0. The molecular formula is C41H26N4. The van der Waals surface area contributed by atoms with E-state index in [1.165, 1.54) is 38.2 Å². The van der Waals surface area contributed by atoms with Gasteiger partial charge in [-0.1, -0.05) is 97.1 Å². The van der Waals surface area contributed by atoms with Crippen LogP contribution < -0.4 is 4.90 Å². The Morgan fingerprint density at radius 1 is 0.400 bits per heavy atom. The summed E-state index contributed by atoms with van der Waals surface area (Å²) in [6, 6.07) is 56.6. The minimum Gasteiger partial charge on any atom is -0.309 e. The number of aromatic nitrogens is 3. The van der Waals surface area contributed by atoms with Gasteiger partial charge in [-0.2, -0.15) is 0 Å². The van der Waals surface area contributed by atoms with E-state index in [-0.39, 0.29) is 0 Å². The molecule has 9 aromatic rings. The molecule has 1 aliphatic rings. The zero-order valence-corrected chi connectivity index (χ0v) is 24.3. The highest BCUT2D eigenvalue weighted by atomic mass is 15.3. The maximum Gasteiger partial charge on any atom is 0.220 e. The molecule has 0 saturated heterocycles. The predicted molar refractivity (Wildman–Crippen MR) is 187 cm³/mol. The van der Waals surface area contributed by atoms with Crippen LogP contribution in [0.4, 0.5) is 17.3 Å². The van der Waals surface area contributed by atoms with Crippen molar-refractivity contribution in [2.45, 2.75) is 0 Å². The summed E-state index contributed by atoms with van der Waals surface area (Å²) in [5.41, 5.74) is 11.2. The molecule has 0 fully saturated rings. The van der Waals surface area contributed by atoms with Gasteiger partial charge in [-0.05, 0) is 71.4 Å². The molecule has 0 amide bonds. The summed E-state index contributed by atoms with van der Waals surface area (Å²) in [4.78, 5) is 7.69. The number of anilines is 3. The Morgan fingerprint density at radius 2 is 1.09 bits per heavy atom. The van der Waals surface area contributed by atoms with Crippen molar-refractivity contribution in [3.05, 3.63) is 158 Å². The number of rotatable bonds is 2. The zero-order valence-electron chi connectivity index (χ0n) is 24.3. The van der Waals surface area contributed by atoms with E-state index < -0.39 is 0 Å². The lowest BCUT2D eigenvalue weighted by molar-refractivity contribution is 1.05. The molecule has 0 saturated carbocycles. The van der Waals surface area contributed by atoms with Crippen molar-refractivity contribution in [3.8, 4) is 22.5 Å². The summed E-state index contributed by atoms with van der Waals surface area (Å²) < 4.78 is 4.71. The second-order valence-corrected chi connectivity index (χ2v) is 11.7. The fourth-order valence-electron chi connectivity index (χ4n) is 7.24. The molecule has 3 heterocycles. The Kier molecular flexibility index (Phi) is 4.96. The van der Waals surface area contributed by atoms with E-state index >= 15 is 0 Å². The van der Waals surface area contributed by atoms with E-state index in [0.29, 0.717) is 0 Å². The molecule has 45 heavy (non-hydrogen) atoms. The van der Waals surface area contributed by atoms with Crippen LogP contribution in [0.15, 0.2) is 158 Å². The highest BCUT2D eigenvalue weighted by molar-refractivity contribution is 6.11. The maximum atomic E-state index is 5.33. The SMILES string of the molecule is c1ccc(-n2c3ccccc3c3ccc(N4c5cc6ccccc6cc5-c5ccccc5-n5c4nc4ccccc45)cc32)cc1. The number of hydrogen-bond acceptors (Lipinski definition) is 2. The van der Waals surface area contributed by atoms with Crippen molar-refractivity contribution in [1.82, 2.24) is 14.1 Å². The summed E-state index contributed by atoms with van der Waals surface area (Å²) in [5, 5.41) is 4.88. The van der Waals surface area contributed by atoms with Crippen molar-refractivity contribution in [2.75, 3.05) is 4.90 Å². The van der Waals surface area contributed by atoms with Crippen LogP contribution in [0.3, 0.4) is 0 Å². The topological polar surface area (TPSA) is 26.0 Å². The van der Waals surface area contributed by atoms with Crippen LogP contribution in [-0.2, 0) is 0 Å². The minimum absolute atomic E-state index is 0.874. The van der Waals surface area contributed by atoms with E-state index in [1.807, 2.05) is 0 Å². The first-order valence-corrected chi connectivity index (χ1v) is 15.3. The molecule has 2 aromatic heterocycles. The van der Waals surface area contributed by atoms with Gasteiger partial charge in [-0.25, -0.2) is 4.98 Å². The third kappa shape index (κ3) is 3.45. The molecule has 210 valence electrons. The van der Waals surface area contributed by atoms with Crippen LogP contribution in [0.1, 0.15) is 0 Å². The number of fused-ring (bicyclic) bond motifs is 11. The fraction of sp³-hybridized carbons (Fsp3) is 0. The lowest BCUT2D eigenvalue weighted by Crippen LogP contribution is -2.14. The molecule has 10 rings (SSSR count). The monoisotopic (exact) mass is 574 g/mol. The molecule has 1 aliphatic heterocycles. The first-order valence-electron chi connectivity index (χ1n) is 15.3. The smallest absolute Gasteiger partial charge is 0.220 e. The van der Waals surface area contributed by atoms with Gasteiger partial charge in [-0.15, -0.1) is 0 Å². The molecule has 0 bridgehead atoms. The Morgan fingerprint density at radius 3 is 1.98 bits per heavy atom. The van der Waals surface area contributed by atoms with Gasteiger partial charge in [0.25, 0.3) is 0 Å². The van der Waals surface area contributed by atoms with Crippen LogP contribution in [0.25, 0.3) is 66.1 Å². The highest BCUT2D eigenvalue weighted by Gasteiger charge is 2.30. The second kappa shape index (κ2) is 9.18. The van der Waals surface area contributed by atoms with Crippen molar-refractivity contribution in [3.63, 3.8) is 0 Å². The van der Waals surface area contributed by atoms with Gasteiger partial charge in [0, 0.05) is 27.6 Å². The fourth-order valence-corrected chi connectivity index (χ4v) is 7.24. The third-order valence-corrected chi connectivity index (χ3v) is 9.21. The average molecular weight is 575 g/mol. The standard InChI is InChI=1S/C41H26N4/c1-2-14-29(15-3-1)43-36-19-9-6-16-31(36)33-23-22-30(26-40(33)43)44-39-25-28-13-5-4-12-27(28)24-34(39)32-17-7-10-20-37(32)45-38-21-11-8-18-35(38)42-41(44)45/h1-26H. The van der Waals surface area contributed by atoms with Crippen molar-refractivity contribution in [1.29, 1.82) is 0 Å². The molecule has 0 aliphatic carbocycles. The number of benzene rings is 7. The van der Waals surface area contributed by atoms with Crippen LogP contribution in [0.2, 0.25) is 0 Å². The highest BCUT2D eigenvalue weighted by Crippen LogP contribution is 2.49. The summed E-state index contributed by atoms with van der Waals surface area (Å²) in [6.07, 6.45) is 0. The van der Waals surface area contributed by atoms with E-state index in [2.05, 4.69) is 172 Å². The van der Waals surface area contributed by atoms with Gasteiger partial charge in [0.15, 0.2) is 0 Å². The molecule has 0 spiro atoms. The summed E-state index contributed by atoms with van der Waals surface area (Å²) >= 11 is 0. The molecule has 4 nitrogen and oxygen atoms in total. The Labute approximate surface area is 259 Å². The predicted octanol–water partition coefficient (Wildman–Crippen LogP) is 10.7. The molecule has 4 heteroatoms.